The lowest BCUT2D eigenvalue weighted by atomic mass is 10.2. The van der Waals surface area contributed by atoms with Gasteiger partial charge in [0.15, 0.2) is 5.76 Å². The fourth-order valence-corrected chi connectivity index (χ4v) is 1.38. The molecule has 0 unspecified atom stereocenters. The van der Waals surface area contributed by atoms with Gasteiger partial charge in [0, 0.05) is 6.07 Å². The zero-order valence-corrected chi connectivity index (χ0v) is 8.66. The van der Waals surface area contributed by atoms with Crippen molar-refractivity contribution in [3.63, 3.8) is 0 Å². The molecule has 1 aromatic heterocycles. The average Bonchev–Trinajstić information content (AvgIpc) is 2.73. The highest BCUT2D eigenvalue weighted by atomic mass is 35.5. The van der Waals surface area contributed by atoms with E-state index in [1.807, 2.05) is 12.1 Å². The van der Waals surface area contributed by atoms with Crippen LogP contribution in [0.2, 0.25) is 5.02 Å². The Hall–Kier alpha value is -1.68. The first-order valence-electron chi connectivity index (χ1n) is 4.45. The minimum atomic E-state index is 0.532. The molecule has 4 nitrogen and oxygen atoms in total. The summed E-state index contributed by atoms with van der Waals surface area (Å²) in [4.78, 5) is 0. The van der Waals surface area contributed by atoms with Gasteiger partial charge in [-0.25, -0.2) is 0 Å². The molecule has 1 heterocycles. The fraction of sp³-hybridized carbons (Fsp3) is 0.100. The number of rotatable bonds is 3. The van der Waals surface area contributed by atoms with Crippen LogP contribution in [0.1, 0.15) is 5.76 Å². The molecule has 0 saturated carbocycles. The maximum absolute atomic E-state index is 5.87. The van der Waals surface area contributed by atoms with Gasteiger partial charge in [0.2, 0.25) is 0 Å². The maximum atomic E-state index is 5.87. The Balaban J connectivity index is 2.08. The van der Waals surface area contributed by atoms with Crippen molar-refractivity contribution >= 4 is 23.0 Å². The lowest BCUT2D eigenvalue weighted by molar-refractivity contribution is 0.388. The quantitative estimate of drug-likeness (QED) is 0.785. The Morgan fingerprint density at radius 3 is 3.00 bits per heavy atom. The second-order valence-corrected chi connectivity index (χ2v) is 3.44. The molecular weight excluding hydrogens is 214 g/mol. The summed E-state index contributed by atoms with van der Waals surface area (Å²) >= 11 is 5.87. The van der Waals surface area contributed by atoms with Crippen molar-refractivity contribution in [2.45, 2.75) is 6.54 Å². The summed E-state index contributed by atoms with van der Waals surface area (Å²) in [5, 5.41) is 7.25. The van der Waals surface area contributed by atoms with Gasteiger partial charge in [-0.05, 0) is 12.1 Å². The highest BCUT2D eigenvalue weighted by Crippen LogP contribution is 2.26. The molecule has 15 heavy (non-hydrogen) atoms. The second kappa shape index (κ2) is 4.23. The number of hydrogen-bond acceptors (Lipinski definition) is 4. The van der Waals surface area contributed by atoms with E-state index < -0.39 is 0 Å². The highest BCUT2D eigenvalue weighted by molar-refractivity contribution is 6.33. The summed E-state index contributed by atoms with van der Waals surface area (Å²) < 4.78 is 4.94. The van der Waals surface area contributed by atoms with Crippen molar-refractivity contribution in [2.75, 3.05) is 11.1 Å². The molecule has 2 rings (SSSR count). The molecule has 0 amide bonds. The average molecular weight is 224 g/mol. The van der Waals surface area contributed by atoms with Gasteiger partial charge in [0.25, 0.3) is 0 Å². The molecule has 1 aromatic carbocycles. The van der Waals surface area contributed by atoms with Crippen LogP contribution in [0, 0.1) is 0 Å². The SMILES string of the molecule is Nc1c(Cl)cccc1NCc1ccno1. The molecule has 78 valence electrons. The van der Waals surface area contributed by atoms with Crippen molar-refractivity contribution in [1.29, 1.82) is 0 Å². The molecule has 0 fully saturated rings. The minimum Gasteiger partial charge on any atom is -0.396 e. The normalized spacial score (nSPS) is 10.2. The van der Waals surface area contributed by atoms with E-state index in [1.54, 1.807) is 18.3 Å². The molecule has 2 aromatic rings. The minimum absolute atomic E-state index is 0.532. The zero-order valence-electron chi connectivity index (χ0n) is 7.90. The van der Waals surface area contributed by atoms with E-state index >= 15 is 0 Å². The largest absolute Gasteiger partial charge is 0.396 e. The van der Waals surface area contributed by atoms with Crippen molar-refractivity contribution in [3.8, 4) is 0 Å². The van der Waals surface area contributed by atoms with Crippen LogP contribution in [0.3, 0.4) is 0 Å². The van der Waals surface area contributed by atoms with Crippen LogP contribution in [-0.4, -0.2) is 5.16 Å². The number of nitrogens with two attached hydrogens (primary N) is 1. The molecule has 5 heteroatoms. The predicted octanol–water partition coefficient (Wildman–Crippen LogP) is 2.52. The highest BCUT2D eigenvalue weighted by Gasteiger charge is 2.03. The first-order valence-corrected chi connectivity index (χ1v) is 4.82. The summed E-state index contributed by atoms with van der Waals surface area (Å²) in [5.41, 5.74) is 7.11. The summed E-state index contributed by atoms with van der Waals surface area (Å²) in [6.07, 6.45) is 1.60. The number of aromatic nitrogens is 1. The van der Waals surface area contributed by atoms with E-state index in [4.69, 9.17) is 21.9 Å². The third kappa shape index (κ3) is 2.22. The van der Waals surface area contributed by atoms with Gasteiger partial charge in [-0.15, -0.1) is 0 Å². The van der Waals surface area contributed by atoms with Gasteiger partial charge in [0.05, 0.1) is 29.1 Å². The van der Waals surface area contributed by atoms with Gasteiger partial charge in [0.1, 0.15) is 0 Å². The molecule has 0 atom stereocenters. The van der Waals surface area contributed by atoms with E-state index in [2.05, 4.69) is 10.5 Å². The van der Waals surface area contributed by atoms with Crippen LogP contribution < -0.4 is 11.1 Å². The molecule has 0 radical (unpaired) electrons. The van der Waals surface area contributed by atoms with Crippen LogP contribution in [0.15, 0.2) is 35.0 Å². The summed E-state index contributed by atoms with van der Waals surface area (Å²) in [6, 6.07) is 7.23. The maximum Gasteiger partial charge on any atom is 0.155 e. The topological polar surface area (TPSA) is 64.1 Å². The lowest BCUT2D eigenvalue weighted by Gasteiger charge is -2.08. The number of nitrogens with one attached hydrogen (secondary N) is 1. The number of nitrogen functional groups attached to an aromatic ring is 1. The van der Waals surface area contributed by atoms with Crippen LogP contribution in [0.5, 0.6) is 0 Å². The van der Waals surface area contributed by atoms with Gasteiger partial charge in [-0.3, -0.25) is 0 Å². The lowest BCUT2D eigenvalue weighted by Crippen LogP contribution is -2.01. The summed E-state index contributed by atoms with van der Waals surface area (Å²) in [7, 11) is 0. The van der Waals surface area contributed by atoms with Crippen molar-refractivity contribution in [3.05, 3.63) is 41.2 Å². The zero-order chi connectivity index (χ0) is 10.7. The standard InChI is InChI=1S/C10H10ClN3O/c11-8-2-1-3-9(10(8)12)13-6-7-4-5-14-15-7/h1-5,13H,6,12H2. The molecule has 0 aliphatic heterocycles. The molecule has 0 aliphatic carbocycles. The Morgan fingerprint density at radius 2 is 2.27 bits per heavy atom. The number of hydrogen-bond donors (Lipinski definition) is 2. The summed E-state index contributed by atoms with van der Waals surface area (Å²) in [6.45, 7) is 0.532. The Morgan fingerprint density at radius 1 is 1.40 bits per heavy atom. The molecule has 0 saturated heterocycles. The van der Waals surface area contributed by atoms with E-state index in [-0.39, 0.29) is 0 Å². The Labute approximate surface area is 92.0 Å². The van der Waals surface area contributed by atoms with Crippen molar-refractivity contribution < 1.29 is 4.52 Å². The van der Waals surface area contributed by atoms with E-state index in [1.165, 1.54) is 0 Å². The van der Waals surface area contributed by atoms with Gasteiger partial charge in [-0.2, -0.15) is 0 Å². The van der Waals surface area contributed by atoms with E-state index in [0.717, 1.165) is 11.4 Å². The molecule has 3 N–H and O–H groups in total. The predicted molar refractivity (Wildman–Crippen MR) is 59.7 cm³/mol. The third-order valence-corrected chi connectivity index (χ3v) is 2.33. The first kappa shape index (κ1) is 9.86. The smallest absolute Gasteiger partial charge is 0.155 e. The van der Waals surface area contributed by atoms with Gasteiger partial charge in [-0.1, -0.05) is 22.8 Å². The molecule has 0 bridgehead atoms. The van der Waals surface area contributed by atoms with Crippen molar-refractivity contribution in [2.24, 2.45) is 0 Å². The number of para-hydroxylation sites is 1. The van der Waals surface area contributed by atoms with Crippen LogP contribution in [-0.2, 0) is 6.54 Å². The first-order chi connectivity index (χ1) is 7.27. The molecule has 0 spiro atoms. The van der Waals surface area contributed by atoms with E-state index in [9.17, 15) is 0 Å². The Bertz CT molecular complexity index is 442. The van der Waals surface area contributed by atoms with Gasteiger partial charge >= 0.3 is 0 Å². The third-order valence-electron chi connectivity index (χ3n) is 2.00. The van der Waals surface area contributed by atoms with Crippen LogP contribution >= 0.6 is 11.6 Å². The van der Waals surface area contributed by atoms with E-state index in [0.29, 0.717) is 17.3 Å². The van der Waals surface area contributed by atoms with Crippen LogP contribution in [0.25, 0.3) is 0 Å². The Kier molecular flexibility index (Phi) is 2.78. The van der Waals surface area contributed by atoms with Crippen LogP contribution in [0.4, 0.5) is 11.4 Å². The van der Waals surface area contributed by atoms with Gasteiger partial charge < -0.3 is 15.6 Å². The molecule has 0 aliphatic rings. The second-order valence-electron chi connectivity index (χ2n) is 3.03. The number of halogens is 1. The molecular formula is C10H10ClN3O. The fourth-order valence-electron chi connectivity index (χ4n) is 1.21. The monoisotopic (exact) mass is 223 g/mol. The number of nitrogens with zero attached hydrogens (tertiary/aromatic N) is 1. The summed E-state index contributed by atoms with van der Waals surface area (Å²) in [5.74, 6) is 0.745. The number of anilines is 2. The van der Waals surface area contributed by atoms with Crippen molar-refractivity contribution in [1.82, 2.24) is 5.16 Å². The number of benzene rings is 1.